The Hall–Kier alpha value is -0.380. The van der Waals surface area contributed by atoms with Gasteiger partial charge in [0, 0.05) is 11.1 Å². The molecule has 1 aromatic heterocycles. The van der Waals surface area contributed by atoms with Gasteiger partial charge < -0.3 is 5.73 Å². The van der Waals surface area contributed by atoms with E-state index in [9.17, 15) is 0 Å². The highest BCUT2D eigenvalue weighted by Gasteiger charge is 2.08. The molecule has 0 radical (unpaired) electrons. The molecule has 0 aliphatic rings. The molecule has 12 heavy (non-hydrogen) atoms. The Morgan fingerprint density at radius 2 is 2.17 bits per heavy atom. The van der Waals surface area contributed by atoms with Crippen LogP contribution in [0.4, 0.5) is 5.69 Å². The molecule has 0 bridgehead atoms. The fourth-order valence-electron chi connectivity index (χ4n) is 1.10. The second-order valence-electron chi connectivity index (χ2n) is 2.45. The fraction of sp³-hybridized carbons (Fsp3) is 0. The maximum atomic E-state index is 5.99. The summed E-state index contributed by atoms with van der Waals surface area (Å²) in [6, 6.07) is 5.70. The lowest BCUT2D eigenvalue weighted by atomic mass is 10.2. The summed E-state index contributed by atoms with van der Waals surface area (Å²) in [7, 11) is 0. The van der Waals surface area contributed by atoms with E-state index >= 15 is 0 Å². The summed E-state index contributed by atoms with van der Waals surface area (Å²) in [5.74, 6) is 0. The van der Waals surface area contributed by atoms with Crippen LogP contribution in [0, 0.1) is 0 Å². The van der Waals surface area contributed by atoms with Gasteiger partial charge in [-0.05, 0) is 6.07 Å². The van der Waals surface area contributed by atoms with Gasteiger partial charge in [-0.25, -0.2) is 0 Å². The van der Waals surface area contributed by atoms with Crippen molar-refractivity contribution in [2.24, 2.45) is 0 Å². The maximum Gasteiger partial charge on any atom is 0.0768 e. The molecule has 2 N–H and O–H groups in total. The van der Waals surface area contributed by atoms with E-state index in [0.29, 0.717) is 5.02 Å². The Morgan fingerprint density at radius 3 is 2.83 bits per heavy atom. The van der Waals surface area contributed by atoms with Crippen molar-refractivity contribution < 1.29 is 0 Å². The van der Waals surface area contributed by atoms with Gasteiger partial charge in [0.15, 0.2) is 0 Å². The Labute approximate surface area is 84.6 Å². The van der Waals surface area contributed by atoms with E-state index < -0.39 is 0 Å². The Bertz CT molecular complexity index is 436. The molecule has 1 heterocycles. The molecule has 0 amide bonds. The van der Waals surface area contributed by atoms with E-state index in [1.54, 1.807) is 0 Å². The molecule has 0 unspecified atom stereocenters. The van der Waals surface area contributed by atoms with E-state index in [-0.39, 0.29) is 0 Å². The van der Waals surface area contributed by atoms with E-state index in [1.165, 1.54) is 11.3 Å². The molecule has 4 heteroatoms. The zero-order valence-electron chi connectivity index (χ0n) is 6.04. The molecule has 2 aromatic rings. The van der Waals surface area contributed by atoms with E-state index in [0.717, 1.165) is 20.0 Å². The number of thiophene rings is 1. The van der Waals surface area contributed by atoms with Gasteiger partial charge in [-0.1, -0.05) is 23.7 Å². The van der Waals surface area contributed by atoms with Crippen molar-refractivity contribution in [2.75, 3.05) is 5.73 Å². The SMILES string of the molecule is Nc1cccc2c(Cl)c(S)sc12. The minimum atomic E-state index is 0.700. The molecular weight excluding hydrogens is 210 g/mol. The fourth-order valence-corrected chi connectivity index (χ4v) is 2.68. The molecule has 0 spiro atoms. The smallest absolute Gasteiger partial charge is 0.0768 e. The van der Waals surface area contributed by atoms with Gasteiger partial charge in [-0.2, -0.15) is 0 Å². The van der Waals surface area contributed by atoms with Gasteiger partial charge >= 0.3 is 0 Å². The standard InChI is InChI=1S/C8H6ClNS2/c9-6-4-2-1-3-5(10)7(4)12-8(6)11/h1-3,11H,10H2. The van der Waals surface area contributed by atoms with Crippen LogP contribution in [0.15, 0.2) is 22.4 Å². The highest BCUT2D eigenvalue weighted by atomic mass is 35.5. The minimum absolute atomic E-state index is 0.700. The molecule has 0 saturated heterocycles. The first-order chi connectivity index (χ1) is 5.70. The Morgan fingerprint density at radius 1 is 1.42 bits per heavy atom. The lowest BCUT2D eigenvalue weighted by Crippen LogP contribution is -1.81. The minimum Gasteiger partial charge on any atom is -0.398 e. The quantitative estimate of drug-likeness (QED) is 0.511. The molecule has 0 atom stereocenters. The highest BCUT2D eigenvalue weighted by Crippen LogP contribution is 2.39. The number of benzene rings is 1. The van der Waals surface area contributed by atoms with Crippen LogP contribution in [0.1, 0.15) is 0 Å². The zero-order valence-corrected chi connectivity index (χ0v) is 8.51. The van der Waals surface area contributed by atoms with Crippen LogP contribution in [0.3, 0.4) is 0 Å². The number of thiol groups is 1. The molecule has 1 nitrogen and oxygen atoms in total. The summed E-state index contributed by atoms with van der Waals surface area (Å²) in [5, 5.41) is 1.69. The predicted octanol–water partition coefficient (Wildman–Crippen LogP) is 3.43. The van der Waals surface area contributed by atoms with Crippen molar-refractivity contribution in [3.05, 3.63) is 23.2 Å². The summed E-state index contributed by atoms with van der Waals surface area (Å²) in [5.41, 5.74) is 6.52. The van der Waals surface area contributed by atoms with Crippen LogP contribution in [-0.4, -0.2) is 0 Å². The van der Waals surface area contributed by atoms with Crippen molar-refractivity contribution in [2.45, 2.75) is 4.21 Å². The van der Waals surface area contributed by atoms with Crippen LogP contribution < -0.4 is 5.73 Å². The maximum absolute atomic E-state index is 5.99. The second kappa shape index (κ2) is 2.83. The number of nitrogen functional groups attached to an aromatic ring is 1. The van der Waals surface area contributed by atoms with Gasteiger partial charge in [0.2, 0.25) is 0 Å². The molecule has 2 rings (SSSR count). The Balaban J connectivity index is 2.95. The number of rotatable bonds is 0. The third-order valence-corrected chi connectivity index (χ3v) is 3.86. The lowest BCUT2D eigenvalue weighted by molar-refractivity contribution is 1.76. The van der Waals surface area contributed by atoms with E-state index in [4.69, 9.17) is 17.3 Å². The Kier molecular flexibility index (Phi) is 1.94. The first-order valence-electron chi connectivity index (χ1n) is 3.35. The van der Waals surface area contributed by atoms with E-state index in [1.807, 2.05) is 18.2 Å². The number of nitrogens with two attached hydrogens (primary N) is 1. The third kappa shape index (κ3) is 1.09. The average molecular weight is 216 g/mol. The number of hydrogen-bond donors (Lipinski definition) is 2. The zero-order chi connectivity index (χ0) is 8.72. The van der Waals surface area contributed by atoms with Gasteiger partial charge in [-0.15, -0.1) is 24.0 Å². The van der Waals surface area contributed by atoms with Crippen molar-refractivity contribution in [3.8, 4) is 0 Å². The first-order valence-corrected chi connectivity index (χ1v) is 5.00. The van der Waals surface area contributed by atoms with Gasteiger partial charge in [0.1, 0.15) is 0 Å². The van der Waals surface area contributed by atoms with E-state index in [2.05, 4.69) is 12.6 Å². The van der Waals surface area contributed by atoms with Gasteiger partial charge in [0.25, 0.3) is 0 Å². The number of hydrogen-bond acceptors (Lipinski definition) is 3. The highest BCUT2D eigenvalue weighted by molar-refractivity contribution is 7.83. The summed E-state index contributed by atoms with van der Waals surface area (Å²) in [6.45, 7) is 0. The van der Waals surface area contributed by atoms with Crippen molar-refractivity contribution in [3.63, 3.8) is 0 Å². The van der Waals surface area contributed by atoms with Crippen molar-refractivity contribution >= 4 is 51.3 Å². The topological polar surface area (TPSA) is 26.0 Å². The summed E-state index contributed by atoms with van der Waals surface area (Å²) in [6.07, 6.45) is 0. The molecule has 1 aromatic carbocycles. The van der Waals surface area contributed by atoms with Crippen molar-refractivity contribution in [1.82, 2.24) is 0 Å². The van der Waals surface area contributed by atoms with Crippen LogP contribution in [-0.2, 0) is 0 Å². The number of fused-ring (bicyclic) bond motifs is 1. The van der Waals surface area contributed by atoms with Crippen LogP contribution >= 0.6 is 35.6 Å². The molecule has 0 fully saturated rings. The third-order valence-electron chi connectivity index (χ3n) is 1.67. The molecule has 0 aliphatic carbocycles. The second-order valence-corrected chi connectivity index (χ2v) is 4.59. The van der Waals surface area contributed by atoms with Gasteiger partial charge in [0.05, 0.1) is 13.9 Å². The molecule has 0 saturated carbocycles. The van der Waals surface area contributed by atoms with Crippen molar-refractivity contribution in [1.29, 1.82) is 0 Å². The summed E-state index contributed by atoms with van der Waals surface area (Å²) >= 11 is 11.7. The number of halogens is 1. The largest absolute Gasteiger partial charge is 0.398 e. The summed E-state index contributed by atoms with van der Waals surface area (Å²) in [4.78, 5) is 0. The predicted molar refractivity (Wildman–Crippen MR) is 58.5 cm³/mol. The van der Waals surface area contributed by atoms with Crippen LogP contribution in [0.5, 0.6) is 0 Å². The van der Waals surface area contributed by atoms with Gasteiger partial charge in [-0.3, -0.25) is 0 Å². The molecule has 62 valence electrons. The normalized spacial score (nSPS) is 10.8. The first kappa shape index (κ1) is 8.23. The van der Waals surface area contributed by atoms with Crippen LogP contribution in [0.2, 0.25) is 5.02 Å². The lowest BCUT2D eigenvalue weighted by Gasteiger charge is -1.93. The molecular formula is C8H6ClNS2. The average Bonchev–Trinajstić information content (AvgIpc) is 2.32. The monoisotopic (exact) mass is 215 g/mol. The van der Waals surface area contributed by atoms with Crippen LogP contribution in [0.25, 0.3) is 10.1 Å². The number of anilines is 1. The summed E-state index contributed by atoms with van der Waals surface area (Å²) < 4.78 is 1.84. The molecule has 0 aliphatic heterocycles.